The minimum atomic E-state index is -1.22. The summed E-state index contributed by atoms with van der Waals surface area (Å²) in [4.78, 5) is 16.1. The fourth-order valence-electron chi connectivity index (χ4n) is 1.12. The highest BCUT2D eigenvalue weighted by Crippen LogP contribution is 2.25. The van der Waals surface area contributed by atoms with Crippen LogP contribution in [0.15, 0.2) is 0 Å². The van der Waals surface area contributed by atoms with E-state index in [1.165, 1.54) is 0 Å². The summed E-state index contributed by atoms with van der Waals surface area (Å²) in [6.07, 6.45) is 1.49. The maximum atomic E-state index is 11.8. The van der Waals surface area contributed by atoms with Crippen LogP contribution in [0.4, 0.5) is 0 Å². The SMILES string of the molecule is CCC(C)(C)OC(=O)C(CC)(CC)OO. The van der Waals surface area contributed by atoms with E-state index in [0.717, 1.165) is 0 Å². The van der Waals surface area contributed by atoms with E-state index in [9.17, 15) is 4.79 Å². The largest absolute Gasteiger partial charge is 0.457 e. The van der Waals surface area contributed by atoms with Crippen LogP contribution in [0.5, 0.6) is 0 Å². The highest BCUT2D eigenvalue weighted by atomic mass is 17.1. The first-order valence-electron chi connectivity index (χ1n) is 5.43. The standard InChI is InChI=1S/C11H22O4/c1-6-10(4,5)14-9(12)11(7-2,8-3)15-13/h13H,6-8H2,1-5H3. The first-order chi connectivity index (χ1) is 6.87. The quantitative estimate of drug-likeness (QED) is 0.423. The van der Waals surface area contributed by atoms with Crippen molar-refractivity contribution in [3.63, 3.8) is 0 Å². The number of hydrogen-bond donors (Lipinski definition) is 1. The molecular formula is C11H22O4. The molecule has 90 valence electrons. The fourth-order valence-corrected chi connectivity index (χ4v) is 1.12. The van der Waals surface area contributed by atoms with Crippen LogP contribution in [0.2, 0.25) is 0 Å². The third kappa shape index (κ3) is 3.47. The molecule has 0 rings (SSSR count). The lowest BCUT2D eigenvalue weighted by molar-refractivity contribution is -0.322. The van der Waals surface area contributed by atoms with E-state index in [1.54, 1.807) is 13.8 Å². The molecule has 0 bridgehead atoms. The van der Waals surface area contributed by atoms with Gasteiger partial charge < -0.3 is 4.74 Å². The van der Waals surface area contributed by atoms with E-state index >= 15 is 0 Å². The molecule has 4 nitrogen and oxygen atoms in total. The summed E-state index contributed by atoms with van der Waals surface area (Å²) in [5.74, 6) is -0.498. The van der Waals surface area contributed by atoms with Crippen molar-refractivity contribution in [1.82, 2.24) is 0 Å². The molecule has 0 unspecified atom stereocenters. The summed E-state index contributed by atoms with van der Waals surface area (Å²) in [6.45, 7) is 9.16. The van der Waals surface area contributed by atoms with Crippen molar-refractivity contribution in [2.45, 2.75) is 65.1 Å². The number of carbonyl (C=O) groups is 1. The van der Waals surface area contributed by atoms with Gasteiger partial charge in [0.05, 0.1) is 0 Å². The molecule has 0 spiro atoms. The molecule has 1 N–H and O–H groups in total. The molecule has 0 amide bonds. The van der Waals surface area contributed by atoms with Crippen LogP contribution in [-0.2, 0) is 14.4 Å². The zero-order valence-corrected chi connectivity index (χ0v) is 10.3. The van der Waals surface area contributed by atoms with Gasteiger partial charge in [-0.1, -0.05) is 20.8 Å². The molecule has 0 radical (unpaired) electrons. The predicted octanol–water partition coefficient (Wildman–Crippen LogP) is 2.77. The van der Waals surface area contributed by atoms with Crippen LogP contribution in [0, 0.1) is 0 Å². The highest BCUT2D eigenvalue weighted by molar-refractivity contribution is 5.79. The van der Waals surface area contributed by atoms with Gasteiger partial charge in [0, 0.05) is 0 Å². The van der Waals surface area contributed by atoms with E-state index in [-0.39, 0.29) is 0 Å². The smallest absolute Gasteiger partial charge is 0.342 e. The molecule has 0 aliphatic heterocycles. The van der Waals surface area contributed by atoms with E-state index in [0.29, 0.717) is 19.3 Å². The van der Waals surface area contributed by atoms with Gasteiger partial charge in [0.2, 0.25) is 0 Å². The van der Waals surface area contributed by atoms with E-state index in [1.807, 2.05) is 20.8 Å². The summed E-state index contributed by atoms with van der Waals surface area (Å²) in [5, 5.41) is 8.82. The number of hydrogen-bond acceptors (Lipinski definition) is 4. The van der Waals surface area contributed by atoms with Gasteiger partial charge in [0.15, 0.2) is 5.60 Å². The van der Waals surface area contributed by atoms with Gasteiger partial charge in [-0.05, 0) is 33.1 Å². The van der Waals surface area contributed by atoms with Crippen molar-refractivity contribution < 1.29 is 19.7 Å². The Labute approximate surface area is 91.5 Å². The summed E-state index contributed by atoms with van der Waals surface area (Å²) in [6, 6.07) is 0. The summed E-state index contributed by atoms with van der Waals surface area (Å²) in [5.41, 5.74) is -1.74. The van der Waals surface area contributed by atoms with E-state index in [2.05, 4.69) is 4.89 Å². The van der Waals surface area contributed by atoms with Crippen LogP contribution in [0.25, 0.3) is 0 Å². The Morgan fingerprint density at radius 3 is 1.87 bits per heavy atom. The lowest BCUT2D eigenvalue weighted by Crippen LogP contribution is -2.44. The Balaban J connectivity index is 4.67. The summed E-state index contributed by atoms with van der Waals surface area (Å²) < 4.78 is 5.30. The van der Waals surface area contributed by atoms with Crippen molar-refractivity contribution in [1.29, 1.82) is 0 Å². The second-order valence-corrected chi connectivity index (χ2v) is 4.30. The average molecular weight is 218 g/mol. The molecule has 0 atom stereocenters. The Morgan fingerprint density at radius 1 is 1.13 bits per heavy atom. The number of ether oxygens (including phenoxy) is 1. The van der Waals surface area contributed by atoms with Crippen molar-refractivity contribution in [2.24, 2.45) is 0 Å². The normalized spacial score (nSPS) is 12.7. The van der Waals surface area contributed by atoms with Crippen molar-refractivity contribution in [3.05, 3.63) is 0 Å². The van der Waals surface area contributed by atoms with Gasteiger partial charge >= 0.3 is 5.97 Å². The van der Waals surface area contributed by atoms with Crippen molar-refractivity contribution in [2.75, 3.05) is 0 Å². The van der Waals surface area contributed by atoms with Crippen molar-refractivity contribution in [3.8, 4) is 0 Å². The summed E-state index contributed by atoms with van der Waals surface area (Å²) in [7, 11) is 0. The van der Waals surface area contributed by atoms with Crippen LogP contribution in [-0.4, -0.2) is 22.4 Å². The Kier molecular flexibility index (Phi) is 5.24. The highest BCUT2D eigenvalue weighted by Gasteiger charge is 2.41. The minimum absolute atomic E-state index is 0.388. The number of carbonyl (C=O) groups excluding carboxylic acids is 1. The number of rotatable bonds is 6. The molecule has 4 heteroatoms. The molecular weight excluding hydrogens is 196 g/mol. The van der Waals surface area contributed by atoms with Crippen LogP contribution in [0.1, 0.15) is 53.9 Å². The van der Waals surface area contributed by atoms with Crippen LogP contribution < -0.4 is 0 Å². The molecule has 0 aliphatic rings. The minimum Gasteiger partial charge on any atom is -0.457 e. The third-order valence-corrected chi connectivity index (χ3v) is 2.91. The van der Waals surface area contributed by atoms with Gasteiger partial charge in [-0.25, -0.2) is 9.68 Å². The second kappa shape index (κ2) is 5.47. The van der Waals surface area contributed by atoms with Crippen LogP contribution >= 0.6 is 0 Å². The molecule has 0 saturated carbocycles. The van der Waals surface area contributed by atoms with Gasteiger partial charge in [0.1, 0.15) is 5.60 Å². The Hall–Kier alpha value is -0.610. The molecule has 0 fully saturated rings. The zero-order valence-electron chi connectivity index (χ0n) is 10.3. The fraction of sp³-hybridized carbons (Fsp3) is 0.909. The molecule has 0 heterocycles. The topological polar surface area (TPSA) is 55.8 Å². The Bertz CT molecular complexity index is 198. The van der Waals surface area contributed by atoms with Crippen LogP contribution in [0.3, 0.4) is 0 Å². The molecule has 0 aromatic rings. The Morgan fingerprint density at radius 2 is 1.60 bits per heavy atom. The maximum Gasteiger partial charge on any atom is 0.342 e. The lowest BCUT2D eigenvalue weighted by atomic mass is 9.97. The third-order valence-electron chi connectivity index (χ3n) is 2.91. The average Bonchev–Trinajstić information content (AvgIpc) is 2.21. The first-order valence-corrected chi connectivity index (χ1v) is 5.43. The van der Waals surface area contributed by atoms with Gasteiger partial charge in [-0.3, -0.25) is 5.26 Å². The molecule has 0 aromatic carbocycles. The van der Waals surface area contributed by atoms with Gasteiger partial charge in [0.25, 0.3) is 0 Å². The second-order valence-electron chi connectivity index (χ2n) is 4.30. The van der Waals surface area contributed by atoms with Crippen molar-refractivity contribution >= 4 is 5.97 Å². The molecule has 0 saturated heterocycles. The maximum absolute atomic E-state index is 11.8. The monoisotopic (exact) mass is 218 g/mol. The zero-order chi connectivity index (χ0) is 12.1. The lowest BCUT2D eigenvalue weighted by Gasteiger charge is -2.31. The first kappa shape index (κ1) is 14.4. The van der Waals surface area contributed by atoms with Gasteiger partial charge in [-0.15, -0.1) is 0 Å². The predicted molar refractivity (Wildman–Crippen MR) is 57.5 cm³/mol. The number of esters is 1. The molecule has 0 aromatic heterocycles. The molecule has 15 heavy (non-hydrogen) atoms. The van der Waals surface area contributed by atoms with E-state index < -0.39 is 17.2 Å². The van der Waals surface area contributed by atoms with E-state index in [4.69, 9.17) is 9.99 Å². The summed E-state index contributed by atoms with van der Waals surface area (Å²) >= 11 is 0. The molecule has 0 aliphatic carbocycles. The van der Waals surface area contributed by atoms with Gasteiger partial charge in [-0.2, -0.15) is 0 Å².